The van der Waals surface area contributed by atoms with E-state index in [1.165, 1.54) is 11.8 Å². The van der Waals surface area contributed by atoms with Gasteiger partial charge in [0, 0.05) is 30.4 Å². The number of thioether (sulfide) groups is 1. The lowest BCUT2D eigenvalue weighted by molar-refractivity contribution is -0.113. The first-order chi connectivity index (χ1) is 14.6. The number of rotatable bonds is 9. The summed E-state index contributed by atoms with van der Waals surface area (Å²) in [5, 5.41) is 12.1. The molecule has 8 nitrogen and oxygen atoms in total. The maximum Gasteiger partial charge on any atom is 0.234 e. The van der Waals surface area contributed by atoms with Crippen LogP contribution in [0.1, 0.15) is 6.92 Å². The lowest BCUT2D eigenvalue weighted by Crippen LogP contribution is -2.14. The van der Waals surface area contributed by atoms with Crippen molar-refractivity contribution in [3.8, 4) is 28.6 Å². The summed E-state index contributed by atoms with van der Waals surface area (Å²) in [5.41, 5.74) is 1.46. The highest BCUT2D eigenvalue weighted by Crippen LogP contribution is 2.31. The Hall–Kier alpha value is -3.20. The number of nitrogens with one attached hydrogen (secondary N) is 1. The summed E-state index contributed by atoms with van der Waals surface area (Å²) >= 11 is 1.32. The van der Waals surface area contributed by atoms with Gasteiger partial charge in [0.05, 0.1) is 32.6 Å². The summed E-state index contributed by atoms with van der Waals surface area (Å²) in [6.07, 6.45) is 0. The molecular formula is C21H24N4O4S. The van der Waals surface area contributed by atoms with Gasteiger partial charge in [0.25, 0.3) is 0 Å². The number of ether oxygens (including phenoxy) is 3. The highest BCUT2D eigenvalue weighted by atomic mass is 32.2. The quantitative estimate of drug-likeness (QED) is 0.520. The fourth-order valence-corrected chi connectivity index (χ4v) is 3.72. The minimum atomic E-state index is -0.167. The zero-order chi connectivity index (χ0) is 21.5. The number of methoxy groups -OCH3 is 3. The molecule has 1 heterocycles. The van der Waals surface area contributed by atoms with Crippen molar-refractivity contribution in [2.45, 2.75) is 18.6 Å². The lowest BCUT2D eigenvalue weighted by atomic mass is 10.2. The van der Waals surface area contributed by atoms with Gasteiger partial charge in [-0.2, -0.15) is 0 Å². The molecule has 0 aliphatic rings. The van der Waals surface area contributed by atoms with Gasteiger partial charge in [-0.15, -0.1) is 10.2 Å². The number of hydrogen-bond donors (Lipinski definition) is 1. The van der Waals surface area contributed by atoms with Crippen LogP contribution in [0.15, 0.2) is 47.6 Å². The van der Waals surface area contributed by atoms with E-state index < -0.39 is 0 Å². The molecule has 0 atom stereocenters. The van der Waals surface area contributed by atoms with Gasteiger partial charge in [-0.3, -0.25) is 4.79 Å². The minimum absolute atomic E-state index is 0.167. The zero-order valence-corrected chi connectivity index (χ0v) is 18.2. The molecule has 1 N–H and O–H groups in total. The van der Waals surface area contributed by atoms with E-state index in [1.807, 2.05) is 35.8 Å². The minimum Gasteiger partial charge on any atom is -0.497 e. The van der Waals surface area contributed by atoms with E-state index in [-0.39, 0.29) is 11.7 Å². The molecule has 3 rings (SSSR count). The van der Waals surface area contributed by atoms with Gasteiger partial charge < -0.3 is 24.1 Å². The fraction of sp³-hybridized carbons (Fsp3) is 0.286. The third kappa shape index (κ3) is 4.85. The number of amides is 1. The number of anilines is 1. The number of aromatic nitrogens is 3. The third-order valence-corrected chi connectivity index (χ3v) is 5.32. The van der Waals surface area contributed by atoms with E-state index in [9.17, 15) is 4.79 Å². The number of benzene rings is 2. The Morgan fingerprint density at radius 3 is 2.37 bits per heavy atom. The van der Waals surface area contributed by atoms with Crippen LogP contribution in [0.25, 0.3) is 11.4 Å². The summed E-state index contributed by atoms with van der Waals surface area (Å²) < 4.78 is 17.9. The molecule has 1 aromatic heterocycles. The summed E-state index contributed by atoms with van der Waals surface area (Å²) in [6.45, 7) is 2.67. The fourth-order valence-electron chi connectivity index (χ4n) is 2.92. The van der Waals surface area contributed by atoms with Crippen LogP contribution in [-0.4, -0.2) is 47.8 Å². The molecule has 0 saturated carbocycles. The monoisotopic (exact) mass is 428 g/mol. The van der Waals surface area contributed by atoms with Gasteiger partial charge in [0.1, 0.15) is 17.2 Å². The van der Waals surface area contributed by atoms with Crippen molar-refractivity contribution < 1.29 is 19.0 Å². The smallest absolute Gasteiger partial charge is 0.234 e. The average Bonchev–Trinajstić information content (AvgIpc) is 3.19. The second-order valence-electron chi connectivity index (χ2n) is 6.19. The van der Waals surface area contributed by atoms with Crippen LogP contribution >= 0.6 is 11.8 Å². The van der Waals surface area contributed by atoms with E-state index in [0.717, 1.165) is 11.3 Å². The Morgan fingerprint density at radius 2 is 1.73 bits per heavy atom. The van der Waals surface area contributed by atoms with Crippen molar-refractivity contribution in [2.24, 2.45) is 0 Å². The number of hydrogen-bond acceptors (Lipinski definition) is 7. The summed E-state index contributed by atoms with van der Waals surface area (Å²) in [6, 6.07) is 12.9. The standard InChI is InChI=1S/C21H24N4O4S/c1-5-25-20(17-8-6-7-9-18(17)29-4)23-24-21(25)30-13-19(26)22-14-10-15(27-2)12-16(11-14)28-3/h6-12H,5,13H2,1-4H3,(H,22,26). The van der Waals surface area contributed by atoms with Crippen LogP contribution in [0.3, 0.4) is 0 Å². The predicted octanol–water partition coefficient (Wildman–Crippen LogP) is 3.72. The maximum atomic E-state index is 12.5. The van der Waals surface area contributed by atoms with Crippen LogP contribution < -0.4 is 19.5 Å². The van der Waals surface area contributed by atoms with Crippen LogP contribution in [-0.2, 0) is 11.3 Å². The van der Waals surface area contributed by atoms with E-state index in [1.54, 1.807) is 39.5 Å². The van der Waals surface area contributed by atoms with Crippen LogP contribution in [0.5, 0.6) is 17.2 Å². The summed E-state index contributed by atoms with van der Waals surface area (Å²) in [5.74, 6) is 2.65. The van der Waals surface area contributed by atoms with Gasteiger partial charge in [0.15, 0.2) is 11.0 Å². The highest BCUT2D eigenvalue weighted by molar-refractivity contribution is 7.99. The number of para-hydroxylation sites is 1. The predicted molar refractivity (Wildman–Crippen MR) is 117 cm³/mol. The average molecular weight is 429 g/mol. The molecule has 0 saturated heterocycles. The van der Waals surface area contributed by atoms with Gasteiger partial charge in [-0.05, 0) is 19.1 Å². The van der Waals surface area contributed by atoms with Gasteiger partial charge in [0.2, 0.25) is 5.91 Å². The molecule has 2 aromatic carbocycles. The first kappa shape index (κ1) is 21.5. The molecule has 0 aliphatic heterocycles. The summed E-state index contributed by atoms with van der Waals surface area (Å²) in [7, 11) is 4.75. The molecule has 0 bridgehead atoms. The van der Waals surface area contributed by atoms with Gasteiger partial charge >= 0.3 is 0 Å². The SMILES string of the molecule is CCn1c(SCC(=O)Nc2cc(OC)cc(OC)c2)nnc1-c1ccccc1OC. The van der Waals surface area contributed by atoms with E-state index >= 15 is 0 Å². The van der Waals surface area contributed by atoms with Crippen LogP contribution in [0, 0.1) is 0 Å². The Balaban J connectivity index is 1.72. The van der Waals surface area contributed by atoms with Crippen LogP contribution in [0.4, 0.5) is 5.69 Å². The molecule has 9 heteroatoms. The summed E-state index contributed by atoms with van der Waals surface area (Å²) in [4.78, 5) is 12.5. The largest absolute Gasteiger partial charge is 0.497 e. The number of nitrogens with zero attached hydrogens (tertiary/aromatic N) is 3. The molecule has 0 radical (unpaired) electrons. The third-order valence-electron chi connectivity index (χ3n) is 4.35. The van der Waals surface area contributed by atoms with Crippen LogP contribution in [0.2, 0.25) is 0 Å². The Morgan fingerprint density at radius 1 is 1.03 bits per heavy atom. The van der Waals surface area contributed by atoms with Gasteiger partial charge in [-0.25, -0.2) is 0 Å². The molecule has 0 aliphatic carbocycles. The first-order valence-electron chi connectivity index (χ1n) is 9.31. The van der Waals surface area contributed by atoms with Crippen molar-refractivity contribution in [3.63, 3.8) is 0 Å². The Labute approximate surface area is 179 Å². The topological polar surface area (TPSA) is 87.5 Å². The molecular weight excluding hydrogens is 404 g/mol. The molecule has 0 spiro atoms. The molecule has 0 unspecified atom stereocenters. The van der Waals surface area contributed by atoms with Crippen molar-refractivity contribution in [1.29, 1.82) is 0 Å². The lowest BCUT2D eigenvalue weighted by Gasteiger charge is -2.11. The molecule has 0 fully saturated rings. The first-order valence-corrected chi connectivity index (χ1v) is 10.3. The highest BCUT2D eigenvalue weighted by Gasteiger charge is 2.17. The van der Waals surface area contributed by atoms with E-state index in [4.69, 9.17) is 14.2 Å². The molecule has 3 aromatic rings. The van der Waals surface area contributed by atoms with Crippen molar-refractivity contribution in [1.82, 2.24) is 14.8 Å². The van der Waals surface area contributed by atoms with Crippen molar-refractivity contribution in [3.05, 3.63) is 42.5 Å². The molecule has 30 heavy (non-hydrogen) atoms. The normalized spacial score (nSPS) is 10.5. The molecule has 1 amide bonds. The molecule has 158 valence electrons. The van der Waals surface area contributed by atoms with E-state index in [2.05, 4.69) is 15.5 Å². The Bertz CT molecular complexity index is 1000. The van der Waals surface area contributed by atoms with E-state index in [0.29, 0.717) is 34.7 Å². The number of carbonyl (C=O) groups is 1. The van der Waals surface area contributed by atoms with Crippen molar-refractivity contribution >= 4 is 23.4 Å². The second kappa shape index (κ2) is 10.0. The Kier molecular flexibility index (Phi) is 7.18. The number of carbonyl (C=O) groups excluding carboxylic acids is 1. The van der Waals surface area contributed by atoms with Gasteiger partial charge in [-0.1, -0.05) is 23.9 Å². The zero-order valence-electron chi connectivity index (χ0n) is 17.3. The second-order valence-corrected chi connectivity index (χ2v) is 7.13. The van der Waals surface area contributed by atoms with Crippen molar-refractivity contribution in [2.75, 3.05) is 32.4 Å². The maximum absolute atomic E-state index is 12.5.